The van der Waals surface area contributed by atoms with Crippen LogP contribution in [0.5, 0.6) is 0 Å². The standard InChI is InChI=1S/C20H17Cl/c21-20(17-12-11-14-6-3-8-16(14)13-17)19-10-4-7-15-5-1-2-9-18(15)19/h1-2,4-5,7,9-13,20H,3,6,8H2. The van der Waals surface area contributed by atoms with E-state index in [4.69, 9.17) is 11.6 Å². The van der Waals surface area contributed by atoms with E-state index in [-0.39, 0.29) is 5.38 Å². The summed E-state index contributed by atoms with van der Waals surface area (Å²) in [5.74, 6) is 0. The van der Waals surface area contributed by atoms with Gasteiger partial charge in [0.1, 0.15) is 0 Å². The Balaban J connectivity index is 1.81. The Morgan fingerprint density at radius 2 is 1.62 bits per heavy atom. The van der Waals surface area contributed by atoms with Gasteiger partial charge in [0.2, 0.25) is 0 Å². The first kappa shape index (κ1) is 12.9. The predicted octanol–water partition coefficient (Wildman–Crippen LogP) is 5.66. The van der Waals surface area contributed by atoms with E-state index >= 15 is 0 Å². The van der Waals surface area contributed by atoms with Crippen molar-refractivity contribution in [1.29, 1.82) is 0 Å². The third-order valence-electron chi connectivity index (χ3n) is 4.51. The molecule has 0 N–H and O–H groups in total. The Kier molecular flexibility index (Phi) is 3.20. The maximum absolute atomic E-state index is 6.81. The topological polar surface area (TPSA) is 0 Å². The number of halogens is 1. The fraction of sp³-hybridized carbons (Fsp3) is 0.200. The van der Waals surface area contributed by atoms with Crippen molar-refractivity contribution in [2.24, 2.45) is 0 Å². The quantitative estimate of drug-likeness (QED) is 0.535. The van der Waals surface area contributed by atoms with Gasteiger partial charge < -0.3 is 0 Å². The number of hydrogen-bond acceptors (Lipinski definition) is 0. The maximum Gasteiger partial charge on any atom is 0.0841 e. The Hall–Kier alpha value is -1.79. The van der Waals surface area contributed by atoms with Crippen molar-refractivity contribution in [2.75, 3.05) is 0 Å². The lowest BCUT2D eigenvalue weighted by Crippen LogP contribution is -1.96. The average molecular weight is 293 g/mol. The van der Waals surface area contributed by atoms with Crippen LogP contribution in [0.4, 0.5) is 0 Å². The molecule has 1 unspecified atom stereocenters. The molecule has 3 aromatic rings. The summed E-state index contributed by atoms with van der Waals surface area (Å²) >= 11 is 6.81. The second kappa shape index (κ2) is 5.20. The van der Waals surface area contributed by atoms with Crippen LogP contribution in [-0.4, -0.2) is 0 Å². The highest BCUT2D eigenvalue weighted by atomic mass is 35.5. The highest BCUT2D eigenvalue weighted by Crippen LogP contribution is 2.35. The van der Waals surface area contributed by atoms with Crippen molar-refractivity contribution in [3.8, 4) is 0 Å². The third-order valence-corrected chi connectivity index (χ3v) is 5.00. The summed E-state index contributed by atoms with van der Waals surface area (Å²) in [6, 6.07) is 21.6. The van der Waals surface area contributed by atoms with E-state index in [2.05, 4.69) is 60.7 Å². The smallest absolute Gasteiger partial charge is 0.0841 e. The van der Waals surface area contributed by atoms with Gasteiger partial charge in [0, 0.05) is 0 Å². The molecule has 104 valence electrons. The molecule has 0 heterocycles. The zero-order valence-corrected chi connectivity index (χ0v) is 12.6. The van der Waals surface area contributed by atoms with Gasteiger partial charge in [-0.25, -0.2) is 0 Å². The number of rotatable bonds is 2. The second-order valence-electron chi connectivity index (χ2n) is 5.81. The third kappa shape index (κ3) is 2.24. The van der Waals surface area contributed by atoms with E-state index in [9.17, 15) is 0 Å². The molecule has 0 aromatic heterocycles. The largest absolute Gasteiger partial charge is 0.113 e. The van der Waals surface area contributed by atoms with E-state index in [1.807, 2.05) is 0 Å². The molecule has 0 spiro atoms. The summed E-state index contributed by atoms with van der Waals surface area (Å²) in [5.41, 5.74) is 5.40. The molecule has 4 rings (SSSR count). The van der Waals surface area contributed by atoms with Gasteiger partial charge in [-0.15, -0.1) is 11.6 Å². The molecule has 0 fully saturated rings. The summed E-state index contributed by atoms with van der Waals surface area (Å²) in [5, 5.41) is 2.42. The van der Waals surface area contributed by atoms with Crippen molar-refractivity contribution >= 4 is 22.4 Å². The van der Waals surface area contributed by atoms with Gasteiger partial charge in [-0.05, 0) is 52.3 Å². The lowest BCUT2D eigenvalue weighted by molar-refractivity contribution is 0.911. The molecular formula is C20H17Cl. The summed E-state index contributed by atoms with van der Waals surface area (Å²) in [7, 11) is 0. The molecule has 0 saturated heterocycles. The highest BCUT2D eigenvalue weighted by Gasteiger charge is 2.17. The molecule has 21 heavy (non-hydrogen) atoms. The van der Waals surface area contributed by atoms with E-state index in [1.165, 1.54) is 52.3 Å². The van der Waals surface area contributed by atoms with Gasteiger partial charge in [0.25, 0.3) is 0 Å². The number of aryl methyl sites for hydroxylation is 2. The van der Waals surface area contributed by atoms with Crippen LogP contribution in [0.2, 0.25) is 0 Å². The number of hydrogen-bond donors (Lipinski definition) is 0. The van der Waals surface area contributed by atoms with Gasteiger partial charge in [-0.3, -0.25) is 0 Å². The SMILES string of the molecule is ClC(c1ccc2c(c1)CCC2)c1cccc2ccccc12. The molecule has 1 aliphatic rings. The minimum absolute atomic E-state index is 0.0815. The second-order valence-corrected chi connectivity index (χ2v) is 6.25. The van der Waals surface area contributed by atoms with E-state index in [0.717, 1.165) is 0 Å². The van der Waals surface area contributed by atoms with Crippen molar-refractivity contribution in [3.63, 3.8) is 0 Å². The lowest BCUT2D eigenvalue weighted by atomic mass is 9.96. The molecule has 3 aromatic carbocycles. The molecule has 1 aliphatic carbocycles. The van der Waals surface area contributed by atoms with Crippen molar-refractivity contribution < 1.29 is 0 Å². The van der Waals surface area contributed by atoms with Crippen LogP contribution >= 0.6 is 11.6 Å². The monoisotopic (exact) mass is 292 g/mol. The van der Waals surface area contributed by atoms with Crippen LogP contribution in [0.25, 0.3) is 10.8 Å². The first-order chi connectivity index (χ1) is 10.3. The Bertz CT molecular complexity index is 799. The van der Waals surface area contributed by atoms with Crippen molar-refractivity contribution in [2.45, 2.75) is 24.6 Å². The van der Waals surface area contributed by atoms with Crippen LogP contribution in [0, 0.1) is 0 Å². The lowest BCUT2D eigenvalue weighted by Gasteiger charge is -2.14. The first-order valence-electron chi connectivity index (χ1n) is 7.56. The fourth-order valence-electron chi connectivity index (χ4n) is 3.40. The summed E-state index contributed by atoms with van der Waals surface area (Å²) in [6.45, 7) is 0. The molecule has 0 aliphatic heterocycles. The first-order valence-corrected chi connectivity index (χ1v) is 8.00. The minimum Gasteiger partial charge on any atom is -0.113 e. The summed E-state index contributed by atoms with van der Waals surface area (Å²) < 4.78 is 0. The van der Waals surface area contributed by atoms with Crippen LogP contribution in [0.15, 0.2) is 60.7 Å². The van der Waals surface area contributed by atoms with E-state index < -0.39 is 0 Å². The Labute approximate surface area is 130 Å². The molecule has 0 saturated carbocycles. The Morgan fingerprint density at radius 3 is 2.57 bits per heavy atom. The summed E-state index contributed by atoms with van der Waals surface area (Å²) in [4.78, 5) is 0. The van der Waals surface area contributed by atoms with Crippen LogP contribution < -0.4 is 0 Å². The van der Waals surface area contributed by atoms with Gasteiger partial charge in [-0.1, -0.05) is 60.7 Å². The molecular weight excluding hydrogens is 276 g/mol. The van der Waals surface area contributed by atoms with Gasteiger partial charge in [0.05, 0.1) is 5.38 Å². The molecule has 0 bridgehead atoms. The Morgan fingerprint density at radius 1 is 0.810 bits per heavy atom. The van der Waals surface area contributed by atoms with Gasteiger partial charge >= 0.3 is 0 Å². The van der Waals surface area contributed by atoms with Crippen LogP contribution in [0.3, 0.4) is 0 Å². The number of fused-ring (bicyclic) bond motifs is 2. The molecule has 1 heteroatoms. The summed E-state index contributed by atoms with van der Waals surface area (Å²) in [6.07, 6.45) is 3.69. The van der Waals surface area contributed by atoms with E-state index in [0.29, 0.717) is 0 Å². The normalized spacial score (nSPS) is 15.1. The van der Waals surface area contributed by atoms with Crippen LogP contribution in [0.1, 0.15) is 34.1 Å². The zero-order chi connectivity index (χ0) is 14.2. The van der Waals surface area contributed by atoms with E-state index in [1.54, 1.807) is 0 Å². The number of alkyl halides is 1. The van der Waals surface area contributed by atoms with Gasteiger partial charge in [0.15, 0.2) is 0 Å². The van der Waals surface area contributed by atoms with Gasteiger partial charge in [-0.2, -0.15) is 0 Å². The minimum atomic E-state index is -0.0815. The molecule has 0 radical (unpaired) electrons. The van der Waals surface area contributed by atoms with Crippen molar-refractivity contribution in [3.05, 3.63) is 82.9 Å². The predicted molar refractivity (Wildman–Crippen MR) is 90.1 cm³/mol. The average Bonchev–Trinajstić information content (AvgIpc) is 3.01. The molecule has 1 atom stereocenters. The zero-order valence-electron chi connectivity index (χ0n) is 11.9. The number of benzene rings is 3. The molecule has 0 amide bonds. The van der Waals surface area contributed by atoms with Crippen LogP contribution in [-0.2, 0) is 12.8 Å². The molecule has 0 nitrogen and oxygen atoms in total. The maximum atomic E-state index is 6.81. The fourth-order valence-corrected chi connectivity index (χ4v) is 3.73. The highest BCUT2D eigenvalue weighted by molar-refractivity contribution is 6.23. The van der Waals surface area contributed by atoms with Crippen molar-refractivity contribution in [1.82, 2.24) is 0 Å².